The number of aromatic carboxylic acids is 2. The monoisotopic (exact) mass is 566 g/mol. The SMILES string of the molecule is O=C(O)c1[c-]c(-c2cc(F)c(F)c(F)c2-c2cccnc2C(=O)O)ccn1.[Ir]. The van der Waals surface area contributed by atoms with Crippen LogP contribution >= 0.6 is 0 Å². The smallest absolute Gasteiger partial charge is 0.355 e. The summed E-state index contributed by atoms with van der Waals surface area (Å²) >= 11 is 0. The number of aromatic nitrogens is 2. The van der Waals surface area contributed by atoms with Crippen molar-refractivity contribution in [1.29, 1.82) is 0 Å². The number of carboxylic acids is 2. The molecule has 10 heteroatoms. The van der Waals surface area contributed by atoms with E-state index in [1.165, 1.54) is 18.2 Å². The van der Waals surface area contributed by atoms with Crippen molar-refractivity contribution in [3.05, 3.63) is 71.6 Å². The van der Waals surface area contributed by atoms with Crippen LogP contribution in [0.4, 0.5) is 13.2 Å². The minimum atomic E-state index is -1.80. The third-order valence-electron chi connectivity index (χ3n) is 3.63. The van der Waals surface area contributed by atoms with Crippen LogP contribution in [0.25, 0.3) is 22.3 Å². The molecule has 28 heavy (non-hydrogen) atoms. The Balaban J connectivity index is 0.00000280. The van der Waals surface area contributed by atoms with Gasteiger partial charge in [-0.3, -0.25) is 4.98 Å². The number of carboxylic acid groups (broad SMARTS) is 2. The zero-order valence-corrected chi connectivity index (χ0v) is 15.9. The van der Waals surface area contributed by atoms with Crippen molar-refractivity contribution in [1.82, 2.24) is 9.97 Å². The van der Waals surface area contributed by atoms with E-state index in [0.717, 1.165) is 12.4 Å². The van der Waals surface area contributed by atoms with E-state index in [4.69, 9.17) is 5.11 Å². The van der Waals surface area contributed by atoms with Gasteiger partial charge in [0.25, 0.3) is 5.97 Å². The Morgan fingerprint density at radius 3 is 2.29 bits per heavy atom. The number of hydrogen-bond acceptors (Lipinski definition) is 4. The van der Waals surface area contributed by atoms with Gasteiger partial charge in [-0.2, -0.15) is 0 Å². The van der Waals surface area contributed by atoms with Gasteiger partial charge in [-0.15, -0.1) is 17.7 Å². The molecule has 0 spiro atoms. The largest absolute Gasteiger partial charge is 0.519 e. The molecule has 0 unspecified atom stereocenters. The van der Waals surface area contributed by atoms with Crippen LogP contribution in [0, 0.1) is 23.5 Å². The Morgan fingerprint density at radius 2 is 1.64 bits per heavy atom. The van der Waals surface area contributed by atoms with Gasteiger partial charge in [-0.05, 0) is 17.8 Å². The first-order chi connectivity index (χ1) is 12.8. The van der Waals surface area contributed by atoms with Crippen LogP contribution in [-0.2, 0) is 20.1 Å². The van der Waals surface area contributed by atoms with Gasteiger partial charge < -0.3 is 15.0 Å². The van der Waals surface area contributed by atoms with Crippen LogP contribution in [0.2, 0.25) is 0 Å². The molecule has 1 aromatic carbocycles. The molecule has 0 aliphatic rings. The minimum absolute atomic E-state index is 0. The van der Waals surface area contributed by atoms with Gasteiger partial charge in [0.1, 0.15) is 0 Å². The van der Waals surface area contributed by atoms with E-state index >= 15 is 0 Å². The molecule has 1 radical (unpaired) electrons. The molecule has 0 bridgehead atoms. The Morgan fingerprint density at radius 1 is 0.929 bits per heavy atom. The molecule has 2 N–H and O–H groups in total. The van der Waals surface area contributed by atoms with E-state index < -0.39 is 46.3 Å². The molecule has 3 aromatic rings. The Bertz CT molecular complexity index is 1090. The van der Waals surface area contributed by atoms with Crippen LogP contribution in [0.1, 0.15) is 21.0 Å². The predicted octanol–water partition coefficient (Wildman–Crippen LogP) is 3.42. The molecule has 2 aromatic heterocycles. The van der Waals surface area contributed by atoms with Crippen molar-refractivity contribution >= 4 is 11.9 Å². The van der Waals surface area contributed by atoms with Gasteiger partial charge in [0.05, 0.1) is 5.69 Å². The number of pyridine rings is 2. The fourth-order valence-corrected chi connectivity index (χ4v) is 2.50. The van der Waals surface area contributed by atoms with Crippen molar-refractivity contribution in [2.45, 2.75) is 0 Å². The summed E-state index contributed by atoms with van der Waals surface area (Å²) in [6.45, 7) is 0. The molecule has 0 saturated carbocycles. The summed E-state index contributed by atoms with van der Waals surface area (Å²) in [5, 5.41) is 18.3. The molecule has 145 valence electrons. The number of nitrogens with zero attached hydrogens (tertiary/aromatic N) is 2. The molecule has 2 heterocycles. The summed E-state index contributed by atoms with van der Waals surface area (Å²) in [4.78, 5) is 29.7. The third-order valence-corrected chi connectivity index (χ3v) is 3.63. The average Bonchev–Trinajstić information content (AvgIpc) is 2.66. The van der Waals surface area contributed by atoms with E-state index in [2.05, 4.69) is 16.0 Å². The first-order valence-electron chi connectivity index (χ1n) is 7.29. The molecule has 6 nitrogen and oxygen atoms in total. The van der Waals surface area contributed by atoms with E-state index in [9.17, 15) is 27.9 Å². The van der Waals surface area contributed by atoms with Gasteiger partial charge in [-0.25, -0.2) is 22.9 Å². The maximum atomic E-state index is 14.6. The first-order valence-corrected chi connectivity index (χ1v) is 7.29. The fourth-order valence-electron chi connectivity index (χ4n) is 2.50. The van der Waals surface area contributed by atoms with Crippen molar-refractivity contribution in [2.24, 2.45) is 0 Å². The second-order valence-corrected chi connectivity index (χ2v) is 5.25. The topological polar surface area (TPSA) is 100 Å². The summed E-state index contributed by atoms with van der Waals surface area (Å²) in [6.07, 6.45) is 2.21. The molecular weight excluding hydrogens is 557 g/mol. The van der Waals surface area contributed by atoms with Crippen LogP contribution < -0.4 is 0 Å². The summed E-state index contributed by atoms with van der Waals surface area (Å²) in [6, 6.07) is 6.67. The molecule has 0 fully saturated rings. The fraction of sp³-hybridized carbons (Fsp3) is 0. The molecular formula is C18H8F3IrN2O4-. The van der Waals surface area contributed by atoms with Crippen LogP contribution in [0.5, 0.6) is 0 Å². The molecule has 0 amide bonds. The summed E-state index contributed by atoms with van der Waals surface area (Å²) in [5.74, 6) is -7.92. The molecule has 0 aliphatic heterocycles. The van der Waals surface area contributed by atoms with Crippen molar-refractivity contribution in [3.63, 3.8) is 0 Å². The van der Waals surface area contributed by atoms with Crippen LogP contribution in [0.3, 0.4) is 0 Å². The maximum Gasteiger partial charge on any atom is 0.355 e. The standard InChI is InChI=1S/C18H8F3N2O4.Ir/c19-11-7-10(8-3-5-22-12(6-8)17(24)25)13(15(21)14(11)20)9-2-1-4-23-16(9)18(26)27;/h1-5,7H,(H,24,25)(H,26,27);/q-1;. The minimum Gasteiger partial charge on any atom is -0.519 e. The third kappa shape index (κ3) is 3.78. The van der Waals surface area contributed by atoms with Gasteiger partial charge >= 0.3 is 5.97 Å². The van der Waals surface area contributed by atoms with E-state index in [1.54, 1.807) is 0 Å². The quantitative estimate of drug-likeness (QED) is 0.372. The maximum absolute atomic E-state index is 14.6. The number of rotatable bonds is 4. The van der Waals surface area contributed by atoms with Crippen LogP contribution in [0.15, 0.2) is 36.7 Å². The number of hydrogen-bond donors (Lipinski definition) is 2. The Kier molecular flexibility index (Phi) is 6.27. The van der Waals surface area contributed by atoms with Crippen molar-refractivity contribution in [2.75, 3.05) is 0 Å². The first kappa shape index (κ1) is 21.2. The number of benzene rings is 1. The van der Waals surface area contributed by atoms with Gasteiger partial charge in [0, 0.05) is 31.9 Å². The second-order valence-electron chi connectivity index (χ2n) is 5.25. The van der Waals surface area contributed by atoms with Gasteiger partial charge in [-0.1, -0.05) is 17.7 Å². The molecule has 0 saturated heterocycles. The average molecular weight is 565 g/mol. The normalized spacial score (nSPS) is 10.2. The zero-order valence-electron chi connectivity index (χ0n) is 13.5. The second kappa shape index (κ2) is 8.28. The van der Waals surface area contributed by atoms with E-state index in [1.807, 2.05) is 0 Å². The number of carbonyl (C=O) groups is 2. The van der Waals surface area contributed by atoms with E-state index in [0.29, 0.717) is 6.07 Å². The molecule has 0 atom stereocenters. The predicted molar refractivity (Wildman–Crippen MR) is 85.5 cm³/mol. The zero-order chi connectivity index (χ0) is 19.7. The van der Waals surface area contributed by atoms with Crippen LogP contribution in [-0.4, -0.2) is 32.1 Å². The van der Waals surface area contributed by atoms with Crippen molar-refractivity contribution < 1.29 is 53.1 Å². The molecule has 3 rings (SSSR count). The van der Waals surface area contributed by atoms with Gasteiger partial charge in [0.2, 0.25) is 0 Å². The Hall–Kier alpha value is -3.10. The Labute approximate surface area is 169 Å². The van der Waals surface area contributed by atoms with E-state index in [-0.39, 0.29) is 36.8 Å². The summed E-state index contributed by atoms with van der Waals surface area (Å²) in [5.41, 5.74) is -2.43. The molecule has 0 aliphatic carbocycles. The van der Waals surface area contributed by atoms with Crippen molar-refractivity contribution in [3.8, 4) is 22.3 Å². The summed E-state index contributed by atoms with van der Waals surface area (Å²) in [7, 11) is 0. The summed E-state index contributed by atoms with van der Waals surface area (Å²) < 4.78 is 42.3. The van der Waals surface area contributed by atoms with Gasteiger partial charge in [0.15, 0.2) is 23.1 Å². The number of halogens is 3.